The van der Waals surface area contributed by atoms with Gasteiger partial charge in [0.2, 0.25) is 0 Å². The molecule has 1 aromatic rings. The van der Waals surface area contributed by atoms with Crippen molar-refractivity contribution in [2.75, 3.05) is 19.7 Å². The van der Waals surface area contributed by atoms with Gasteiger partial charge in [-0.15, -0.1) is 0 Å². The molecule has 1 N–H and O–H groups in total. The number of aryl methyl sites for hydroxylation is 2. The fourth-order valence-corrected chi connectivity index (χ4v) is 1.93. The number of benzene rings is 1. The molecule has 2 rings (SSSR count). The molecule has 5 heteroatoms. The van der Waals surface area contributed by atoms with E-state index in [4.69, 9.17) is 9.84 Å². The molecule has 0 bridgehead atoms. The lowest BCUT2D eigenvalue weighted by molar-refractivity contribution is -0.153. The summed E-state index contributed by atoms with van der Waals surface area (Å²) in [5, 5.41) is 8.74. The summed E-state index contributed by atoms with van der Waals surface area (Å²) in [7, 11) is 0. The SMILES string of the molecule is Cc1ccc(C)c(OCC(=O)N2CC(C(=O)O)C2)c1. The van der Waals surface area contributed by atoms with Crippen molar-refractivity contribution in [1.29, 1.82) is 0 Å². The van der Waals surface area contributed by atoms with Gasteiger partial charge in [0.15, 0.2) is 6.61 Å². The number of rotatable bonds is 4. The van der Waals surface area contributed by atoms with Crippen LogP contribution in [0.2, 0.25) is 0 Å². The van der Waals surface area contributed by atoms with Gasteiger partial charge in [-0.25, -0.2) is 0 Å². The Balaban J connectivity index is 1.84. The van der Waals surface area contributed by atoms with E-state index < -0.39 is 11.9 Å². The number of carbonyl (C=O) groups is 2. The van der Waals surface area contributed by atoms with Gasteiger partial charge in [0.1, 0.15) is 5.75 Å². The van der Waals surface area contributed by atoms with Gasteiger partial charge in [0, 0.05) is 13.1 Å². The van der Waals surface area contributed by atoms with Crippen LogP contribution in [0.5, 0.6) is 5.75 Å². The van der Waals surface area contributed by atoms with Crippen molar-refractivity contribution in [1.82, 2.24) is 4.90 Å². The number of amides is 1. The van der Waals surface area contributed by atoms with E-state index in [2.05, 4.69) is 0 Å². The van der Waals surface area contributed by atoms with E-state index >= 15 is 0 Å². The van der Waals surface area contributed by atoms with Crippen LogP contribution in [0.25, 0.3) is 0 Å². The van der Waals surface area contributed by atoms with Gasteiger partial charge in [0.05, 0.1) is 5.92 Å². The molecule has 1 fully saturated rings. The number of nitrogens with zero attached hydrogens (tertiary/aromatic N) is 1. The quantitative estimate of drug-likeness (QED) is 0.887. The van der Waals surface area contributed by atoms with Crippen molar-refractivity contribution >= 4 is 11.9 Å². The molecule has 1 saturated heterocycles. The third-order valence-corrected chi connectivity index (χ3v) is 3.28. The van der Waals surface area contributed by atoms with Crippen LogP contribution in [0.1, 0.15) is 11.1 Å². The minimum Gasteiger partial charge on any atom is -0.483 e. The molecule has 0 spiro atoms. The van der Waals surface area contributed by atoms with Crippen LogP contribution in [-0.4, -0.2) is 41.6 Å². The summed E-state index contributed by atoms with van der Waals surface area (Å²) < 4.78 is 5.49. The molecule has 1 aromatic carbocycles. The average molecular weight is 263 g/mol. The molecule has 0 saturated carbocycles. The highest BCUT2D eigenvalue weighted by Crippen LogP contribution is 2.20. The van der Waals surface area contributed by atoms with Gasteiger partial charge in [0.25, 0.3) is 5.91 Å². The average Bonchev–Trinajstić information content (AvgIpc) is 2.28. The van der Waals surface area contributed by atoms with Gasteiger partial charge in [-0.05, 0) is 31.0 Å². The van der Waals surface area contributed by atoms with Crippen molar-refractivity contribution in [2.45, 2.75) is 13.8 Å². The van der Waals surface area contributed by atoms with E-state index in [1.807, 2.05) is 32.0 Å². The summed E-state index contributed by atoms with van der Waals surface area (Å²) in [6.45, 7) is 4.40. The Morgan fingerprint density at radius 3 is 2.68 bits per heavy atom. The van der Waals surface area contributed by atoms with Crippen molar-refractivity contribution < 1.29 is 19.4 Å². The molecule has 0 aliphatic carbocycles. The zero-order valence-corrected chi connectivity index (χ0v) is 11.0. The molecule has 1 amide bonds. The van der Waals surface area contributed by atoms with Crippen LogP contribution >= 0.6 is 0 Å². The van der Waals surface area contributed by atoms with Crippen LogP contribution < -0.4 is 4.74 Å². The Hall–Kier alpha value is -2.04. The molecule has 1 heterocycles. The summed E-state index contributed by atoms with van der Waals surface area (Å²) in [5.74, 6) is -0.744. The van der Waals surface area contributed by atoms with E-state index in [0.29, 0.717) is 5.75 Å². The van der Waals surface area contributed by atoms with E-state index in [9.17, 15) is 9.59 Å². The van der Waals surface area contributed by atoms with Gasteiger partial charge in [-0.1, -0.05) is 12.1 Å². The highest BCUT2D eigenvalue weighted by molar-refractivity contribution is 5.82. The Bertz CT molecular complexity index is 506. The minimum absolute atomic E-state index is 0.0450. The molecule has 1 aliphatic rings. The van der Waals surface area contributed by atoms with E-state index in [0.717, 1.165) is 11.1 Å². The maximum absolute atomic E-state index is 11.8. The number of carboxylic acids is 1. The number of likely N-dealkylation sites (tertiary alicyclic amines) is 1. The molecule has 0 unspecified atom stereocenters. The Kier molecular flexibility index (Phi) is 3.74. The number of carboxylic acid groups (broad SMARTS) is 1. The van der Waals surface area contributed by atoms with E-state index in [-0.39, 0.29) is 25.6 Å². The van der Waals surface area contributed by atoms with Gasteiger partial charge < -0.3 is 14.7 Å². The Labute approximate surface area is 111 Å². The number of ether oxygens (including phenoxy) is 1. The molecule has 19 heavy (non-hydrogen) atoms. The predicted octanol–water partition coefficient (Wildman–Crippen LogP) is 1.23. The lowest BCUT2D eigenvalue weighted by atomic mass is 10.0. The second kappa shape index (κ2) is 5.30. The largest absolute Gasteiger partial charge is 0.483 e. The molecule has 0 aromatic heterocycles. The lowest BCUT2D eigenvalue weighted by Gasteiger charge is -2.36. The second-order valence-electron chi connectivity index (χ2n) is 4.89. The van der Waals surface area contributed by atoms with Crippen LogP contribution in [0.15, 0.2) is 18.2 Å². The van der Waals surface area contributed by atoms with Crippen LogP contribution in [-0.2, 0) is 9.59 Å². The molecule has 102 valence electrons. The van der Waals surface area contributed by atoms with Crippen molar-refractivity contribution in [3.05, 3.63) is 29.3 Å². The smallest absolute Gasteiger partial charge is 0.310 e. The highest BCUT2D eigenvalue weighted by atomic mass is 16.5. The van der Waals surface area contributed by atoms with Gasteiger partial charge >= 0.3 is 5.97 Å². The molecular formula is C14H17NO4. The second-order valence-corrected chi connectivity index (χ2v) is 4.89. The molecule has 5 nitrogen and oxygen atoms in total. The standard InChI is InChI=1S/C14H17NO4/c1-9-3-4-10(2)12(5-9)19-8-13(16)15-6-11(7-15)14(17)18/h3-5,11H,6-8H2,1-2H3,(H,17,18). The zero-order valence-electron chi connectivity index (χ0n) is 11.0. The monoisotopic (exact) mass is 263 g/mol. The maximum atomic E-state index is 11.8. The van der Waals surface area contributed by atoms with Gasteiger partial charge in [-0.2, -0.15) is 0 Å². The Morgan fingerprint density at radius 1 is 1.37 bits per heavy atom. The first-order chi connectivity index (χ1) is 8.97. The summed E-state index contributed by atoms with van der Waals surface area (Å²) >= 11 is 0. The maximum Gasteiger partial charge on any atom is 0.310 e. The van der Waals surface area contributed by atoms with E-state index in [1.54, 1.807) is 0 Å². The lowest BCUT2D eigenvalue weighted by Crippen LogP contribution is -2.54. The van der Waals surface area contributed by atoms with Crippen molar-refractivity contribution in [3.8, 4) is 5.75 Å². The first-order valence-corrected chi connectivity index (χ1v) is 6.18. The molecule has 0 atom stereocenters. The summed E-state index contributed by atoms with van der Waals surface area (Å²) in [6, 6.07) is 5.81. The number of carbonyl (C=O) groups excluding carboxylic acids is 1. The predicted molar refractivity (Wildman–Crippen MR) is 69.1 cm³/mol. The van der Waals surface area contributed by atoms with Crippen LogP contribution in [0.4, 0.5) is 0 Å². The fourth-order valence-electron chi connectivity index (χ4n) is 1.93. The van der Waals surface area contributed by atoms with E-state index in [1.165, 1.54) is 4.90 Å². The Morgan fingerprint density at radius 2 is 2.05 bits per heavy atom. The normalized spacial score (nSPS) is 14.9. The molecular weight excluding hydrogens is 246 g/mol. The molecule has 0 radical (unpaired) electrons. The number of hydrogen-bond donors (Lipinski definition) is 1. The zero-order chi connectivity index (χ0) is 14.0. The minimum atomic E-state index is -0.848. The van der Waals surface area contributed by atoms with Crippen LogP contribution in [0.3, 0.4) is 0 Å². The topological polar surface area (TPSA) is 66.8 Å². The van der Waals surface area contributed by atoms with Gasteiger partial charge in [-0.3, -0.25) is 9.59 Å². The summed E-state index contributed by atoms with van der Waals surface area (Å²) in [6.07, 6.45) is 0. The first kappa shape index (κ1) is 13.4. The summed E-state index contributed by atoms with van der Waals surface area (Å²) in [4.78, 5) is 23.9. The number of hydrogen-bond acceptors (Lipinski definition) is 3. The fraction of sp³-hybridized carbons (Fsp3) is 0.429. The van der Waals surface area contributed by atoms with Crippen LogP contribution in [0, 0.1) is 19.8 Å². The van der Waals surface area contributed by atoms with Crippen molar-refractivity contribution in [2.24, 2.45) is 5.92 Å². The highest BCUT2D eigenvalue weighted by Gasteiger charge is 2.35. The summed E-state index contributed by atoms with van der Waals surface area (Å²) in [5.41, 5.74) is 2.05. The molecule has 1 aliphatic heterocycles. The third-order valence-electron chi connectivity index (χ3n) is 3.28. The number of aliphatic carboxylic acids is 1. The van der Waals surface area contributed by atoms with Crippen molar-refractivity contribution in [3.63, 3.8) is 0 Å². The third kappa shape index (κ3) is 3.05. The first-order valence-electron chi connectivity index (χ1n) is 6.18.